The second-order valence-electron chi connectivity index (χ2n) is 6.32. The minimum atomic E-state index is -3.67. The van der Waals surface area contributed by atoms with Gasteiger partial charge in [-0.1, -0.05) is 25.1 Å². The summed E-state index contributed by atoms with van der Waals surface area (Å²) in [5.41, 5.74) is 2.20. The maximum Gasteiger partial charge on any atom is 0.243 e. The van der Waals surface area contributed by atoms with Crippen molar-refractivity contribution in [2.75, 3.05) is 12.4 Å². The number of anilines is 1. The van der Waals surface area contributed by atoms with Gasteiger partial charge in [0, 0.05) is 43.6 Å². The zero-order valence-corrected chi connectivity index (χ0v) is 16.3. The van der Waals surface area contributed by atoms with Gasteiger partial charge in [-0.3, -0.25) is 4.79 Å². The number of carbonyl (C=O) groups excluding carboxylic acids is 1. The molecule has 0 atom stereocenters. The summed E-state index contributed by atoms with van der Waals surface area (Å²) in [5, 5.41) is 3.55. The molecule has 0 fully saturated rings. The van der Waals surface area contributed by atoms with E-state index in [2.05, 4.69) is 5.32 Å². The number of furan rings is 1. The van der Waals surface area contributed by atoms with E-state index in [0.29, 0.717) is 12.1 Å². The number of hydrogen-bond donors (Lipinski definition) is 1. The molecule has 2 aromatic carbocycles. The van der Waals surface area contributed by atoms with Crippen molar-refractivity contribution in [3.63, 3.8) is 0 Å². The van der Waals surface area contributed by atoms with E-state index in [1.54, 1.807) is 19.2 Å². The molecule has 0 bridgehead atoms. The standard InChI is InChI=1S/C20H22N2O4S/c1-4-19-18(17-7-5-6-8-20(17)26-19)13-22(3)27(24,25)16-11-9-15(10-12-16)21-14(2)23/h5-12H,4,13H2,1-3H3,(H,21,23). The van der Waals surface area contributed by atoms with Crippen LogP contribution in [0.2, 0.25) is 0 Å². The summed E-state index contributed by atoms with van der Waals surface area (Å²) in [4.78, 5) is 11.3. The Hall–Kier alpha value is -2.64. The van der Waals surface area contributed by atoms with Crippen LogP contribution in [0.25, 0.3) is 11.0 Å². The van der Waals surface area contributed by atoms with Crippen LogP contribution < -0.4 is 5.32 Å². The van der Waals surface area contributed by atoms with E-state index in [0.717, 1.165) is 22.3 Å². The van der Waals surface area contributed by atoms with Crippen LogP contribution in [0, 0.1) is 0 Å². The molecule has 0 saturated carbocycles. The number of nitrogens with zero attached hydrogens (tertiary/aromatic N) is 1. The summed E-state index contributed by atoms with van der Waals surface area (Å²) in [6, 6.07) is 13.8. The van der Waals surface area contributed by atoms with Crippen molar-refractivity contribution < 1.29 is 17.6 Å². The van der Waals surface area contributed by atoms with Gasteiger partial charge in [-0.05, 0) is 30.3 Å². The highest BCUT2D eigenvalue weighted by molar-refractivity contribution is 7.89. The molecule has 0 saturated heterocycles. The second-order valence-corrected chi connectivity index (χ2v) is 8.37. The molecule has 142 valence electrons. The molecule has 1 amide bonds. The fraction of sp³-hybridized carbons (Fsp3) is 0.250. The highest BCUT2D eigenvalue weighted by atomic mass is 32.2. The lowest BCUT2D eigenvalue weighted by molar-refractivity contribution is -0.114. The zero-order chi connectivity index (χ0) is 19.6. The highest BCUT2D eigenvalue weighted by Crippen LogP contribution is 2.29. The van der Waals surface area contributed by atoms with Crippen molar-refractivity contribution in [2.45, 2.75) is 31.7 Å². The van der Waals surface area contributed by atoms with E-state index in [1.807, 2.05) is 31.2 Å². The Bertz CT molecular complexity index is 1070. The molecule has 1 N–H and O–H groups in total. The van der Waals surface area contributed by atoms with Gasteiger partial charge in [0.05, 0.1) is 4.90 Å². The fourth-order valence-electron chi connectivity index (χ4n) is 3.01. The molecule has 7 heteroatoms. The first kappa shape index (κ1) is 19.1. The van der Waals surface area contributed by atoms with Gasteiger partial charge >= 0.3 is 0 Å². The molecule has 27 heavy (non-hydrogen) atoms. The van der Waals surface area contributed by atoms with Gasteiger partial charge in [0.25, 0.3) is 0 Å². The Morgan fingerprint density at radius 1 is 1.11 bits per heavy atom. The van der Waals surface area contributed by atoms with Crippen molar-refractivity contribution in [2.24, 2.45) is 0 Å². The average molecular weight is 386 g/mol. The number of hydrogen-bond acceptors (Lipinski definition) is 4. The molecular weight excluding hydrogens is 364 g/mol. The molecule has 6 nitrogen and oxygen atoms in total. The topological polar surface area (TPSA) is 79.6 Å². The van der Waals surface area contributed by atoms with Crippen LogP contribution in [-0.4, -0.2) is 25.7 Å². The van der Waals surface area contributed by atoms with Crippen LogP contribution in [0.3, 0.4) is 0 Å². The first-order valence-electron chi connectivity index (χ1n) is 8.66. The fourth-order valence-corrected chi connectivity index (χ4v) is 4.15. The lowest BCUT2D eigenvalue weighted by atomic mass is 10.1. The summed E-state index contributed by atoms with van der Waals surface area (Å²) >= 11 is 0. The lowest BCUT2D eigenvalue weighted by Crippen LogP contribution is -2.26. The molecule has 0 unspecified atom stereocenters. The first-order chi connectivity index (χ1) is 12.8. The summed E-state index contributed by atoms with van der Waals surface area (Å²) in [6.07, 6.45) is 0.684. The van der Waals surface area contributed by atoms with Gasteiger partial charge in [0.15, 0.2) is 0 Å². The number of fused-ring (bicyclic) bond motifs is 1. The molecule has 0 spiro atoms. The van der Waals surface area contributed by atoms with Crippen LogP contribution in [0.4, 0.5) is 5.69 Å². The number of aryl methyl sites for hydroxylation is 1. The monoisotopic (exact) mass is 386 g/mol. The molecule has 3 rings (SSSR count). The molecule has 1 aromatic heterocycles. The van der Waals surface area contributed by atoms with Crippen molar-refractivity contribution in [1.29, 1.82) is 0 Å². The third-order valence-electron chi connectivity index (χ3n) is 4.37. The van der Waals surface area contributed by atoms with E-state index in [-0.39, 0.29) is 17.3 Å². The number of para-hydroxylation sites is 1. The van der Waals surface area contributed by atoms with E-state index in [9.17, 15) is 13.2 Å². The minimum absolute atomic E-state index is 0.171. The van der Waals surface area contributed by atoms with E-state index in [1.165, 1.54) is 23.4 Å². The Labute approximate surface area is 158 Å². The van der Waals surface area contributed by atoms with Crippen molar-refractivity contribution in [3.05, 3.63) is 59.9 Å². The largest absolute Gasteiger partial charge is 0.461 e. The summed E-state index contributed by atoms with van der Waals surface area (Å²) in [7, 11) is -2.12. The maximum absolute atomic E-state index is 12.9. The Morgan fingerprint density at radius 2 is 1.78 bits per heavy atom. The number of rotatable bonds is 6. The molecular formula is C20H22N2O4S. The van der Waals surface area contributed by atoms with Crippen LogP contribution >= 0.6 is 0 Å². The van der Waals surface area contributed by atoms with Gasteiger partial charge in [-0.25, -0.2) is 8.42 Å². The maximum atomic E-state index is 12.9. The molecule has 0 radical (unpaired) electrons. The van der Waals surface area contributed by atoms with Crippen molar-refractivity contribution >= 4 is 32.6 Å². The second kappa shape index (κ2) is 7.54. The van der Waals surface area contributed by atoms with Crippen LogP contribution in [0.15, 0.2) is 57.8 Å². The molecule has 0 aliphatic rings. The quantitative estimate of drug-likeness (QED) is 0.699. The number of amides is 1. The Morgan fingerprint density at radius 3 is 2.41 bits per heavy atom. The predicted molar refractivity (Wildman–Crippen MR) is 105 cm³/mol. The van der Waals surface area contributed by atoms with Gasteiger partial charge < -0.3 is 9.73 Å². The third kappa shape index (κ3) is 3.89. The summed E-state index contributed by atoms with van der Waals surface area (Å²) in [5.74, 6) is 0.584. The van der Waals surface area contributed by atoms with E-state index in [4.69, 9.17) is 4.42 Å². The predicted octanol–water partition coefficient (Wildman–Crippen LogP) is 3.77. The van der Waals surface area contributed by atoms with Gasteiger partial charge in [0.1, 0.15) is 11.3 Å². The van der Waals surface area contributed by atoms with Gasteiger partial charge in [-0.2, -0.15) is 4.31 Å². The smallest absolute Gasteiger partial charge is 0.243 e. The van der Waals surface area contributed by atoms with Crippen LogP contribution in [-0.2, 0) is 27.8 Å². The molecule has 3 aromatic rings. The van der Waals surface area contributed by atoms with Crippen LogP contribution in [0.1, 0.15) is 25.2 Å². The van der Waals surface area contributed by atoms with Gasteiger partial charge in [-0.15, -0.1) is 0 Å². The normalized spacial score (nSPS) is 11.9. The van der Waals surface area contributed by atoms with E-state index >= 15 is 0 Å². The van der Waals surface area contributed by atoms with Crippen molar-refractivity contribution in [3.8, 4) is 0 Å². The molecule has 0 aliphatic carbocycles. The molecule has 1 heterocycles. The van der Waals surface area contributed by atoms with E-state index < -0.39 is 10.0 Å². The number of benzene rings is 2. The Kier molecular flexibility index (Phi) is 5.34. The number of nitrogens with one attached hydrogen (secondary N) is 1. The third-order valence-corrected chi connectivity index (χ3v) is 6.18. The van der Waals surface area contributed by atoms with Crippen molar-refractivity contribution in [1.82, 2.24) is 4.31 Å². The minimum Gasteiger partial charge on any atom is -0.461 e. The Balaban J connectivity index is 1.89. The first-order valence-corrected chi connectivity index (χ1v) is 10.1. The van der Waals surface area contributed by atoms with Crippen LogP contribution in [0.5, 0.6) is 0 Å². The SMILES string of the molecule is CCc1oc2ccccc2c1CN(C)S(=O)(=O)c1ccc(NC(C)=O)cc1. The highest BCUT2D eigenvalue weighted by Gasteiger charge is 2.24. The lowest BCUT2D eigenvalue weighted by Gasteiger charge is -2.17. The molecule has 0 aliphatic heterocycles. The average Bonchev–Trinajstić information content (AvgIpc) is 2.99. The summed E-state index contributed by atoms with van der Waals surface area (Å²) in [6.45, 7) is 3.60. The number of sulfonamides is 1. The zero-order valence-electron chi connectivity index (χ0n) is 15.5. The van der Waals surface area contributed by atoms with Gasteiger partial charge in [0.2, 0.25) is 15.9 Å². The number of carbonyl (C=O) groups is 1. The summed E-state index contributed by atoms with van der Waals surface area (Å²) < 4.78 is 33.0.